The molecule has 1 N–H and O–H groups in total. The van der Waals surface area contributed by atoms with Crippen molar-refractivity contribution in [1.29, 1.82) is 0 Å². The molecular weight excluding hydrogens is 214 g/mol. The van der Waals surface area contributed by atoms with E-state index in [-0.39, 0.29) is 0 Å². The summed E-state index contributed by atoms with van der Waals surface area (Å²) in [5, 5.41) is 3.07. The van der Waals surface area contributed by atoms with E-state index in [0.29, 0.717) is 12.5 Å². The zero-order valence-corrected chi connectivity index (χ0v) is 11.7. The zero-order chi connectivity index (χ0) is 13.1. The van der Waals surface area contributed by atoms with Crippen molar-refractivity contribution in [2.75, 3.05) is 19.0 Å². The highest BCUT2D eigenvalue weighted by Crippen LogP contribution is 2.24. The quantitative estimate of drug-likeness (QED) is 0.855. The molecule has 0 aliphatic heterocycles. The Kier molecular flexibility index (Phi) is 4.46. The number of hydrogen-bond donors (Lipinski definition) is 1. The largest absolute Gasteiger partial charge is 0.373 e. The Labute approximate surface area is 104 Å². The predicted molar refractivity (Wildman–Crippen MR) is 70.3 cm³/mol. The minimum atomic E-state index is -0.453. The molecule has 0 unspecified atom stereocenters. The summed E-state index contributed by atoms with van der Waals surface area (Å²) in [5.74, 6) is 1.95. The van der Waals surface area contributed by atoms with Crippen LogP contribution in [0.5, 0.6) is 0 Å². The van der Waals surface area contributed by atoms with Gasteiger partial charge in [-0.1, -0.05) is 13.8 Å². The molecule has 0 bridgehead atoms. The molecule has 0 saturated heterocycles. The summed E-state index contributed by atoms with van der Waals surface area (Å²) >= 11 is 0. The van der Waals surface area contributed by atoms with Crippen LogP contribution in [0.1, 0.15) is 52.1 Å². The standard InChI is InChI=1S/C13H23N3O/c1-7-17-13(4,5)12-15-10(9(2)3)8-11(14-6)16-12/h8-9H,7H2,1-6H3,(H,14,15,16). The molecule has 96 valence electrons. The fraction of sp³-hybridized carbons (Fsp3) is 0.692. The first kappa shape index (κ1) is 13.9. The third-order valence-electron chi connectivity index (χ3n) is 2.64. The van der Waals surface area contributed by atoms with Crippen LogP contribution in [0.3, 0.4) is 0 Å². The molecule has 4 heteroatoms. The SMILES string of the molecule is CCOC(C)(C)c1nc(NC)cc(C(C)C)n1. The van der Waals surface area contributed by atoms with Crippen LogP contribution in [0.15, 0.2) is 6.07 Å². The van der Waals surface area contributed by atoms with E-state index >= 15 is 0 Å². The van der Waals surface area contributed by atoms with Crippen LogP contribution in [0.2, 0.25) is 0 Å². The van der Waals surface area contributed by atoms with Crippen molar-refractivity contribution in [3.63, 3.8) is 0 Å². The van der Waals surface area contributed by atoms with Crippen molar-refractivity contribution in [3.05, 3.63) is 17.6 Å². The van der Waals surface area contributed by atoms with Crippen molar-refractivity contribution < 1.29 is 4.74 Å². The summed E-state index contributed by atoms with van der Waals surface area (Å²) in [6.07, 6.45) is 0. The Morgan fingerprint density at radius 1 is 1.35 bits per heavy atom. The van der Waals surface area contributed by atoms with E-state index in [9.17, 15) is 0 Å². The Morgan fingerprint density at radius 2 is 2.00 bits per heavy atom. The molecule has 0 atom stereocenters. The number of aromatic nitrogens is 2. The number of ether oxygens (including phenoxy) is 1. The Bertz CT molecular complexity index is 375. The molecule has 0 radical (unpaired) electrons. The second-order valence-corrected chi connectivity index (χ2v) is 4.85. The molecule has 0 saturated carbocycles. The lowest BCUT2D eigenvalue weighted by Crippen LogP contribution is -2.25. The van der Waals surface area contributed by atoms with Gasteiger partial charge in [0, 0.05) is 25.4 Å². The van der Waals surface area contributed by atoms with Crippen molar-refractivity contribution >= 4 is 5.82 Å². The summed E-state index contributed by atoms with van der Waals surface area (Å²) in [4.78, 5) is 9.07. The summed E-state index contributed by atoms with van der Waals surface area (Å²) in [5.41, 5.74) is 0.581. The van der Waals surface area contributed by atoms with Crippen molar-refractivity contribution in [2.45, 2.75) is 46.1 Å². The predicted octanol–water partition coefficient (Wildman–Crippen LogP) is 2.91. The van der Waals surface area contributed by atoms with Gasteiger partial charge in [0.05, 0.1) is 0 Å². The number of hydrogen-bond acceptors (Lipinski definition) is 4. The highest BCUT2D eigenvalue weighted by atomic mass is 16.5. The lowest BCUT2D eigenvalue weighted by Gasteiger charge is -2.24. The van der Waals surface area contributed by atoms with Gasteiger partial charge in [0.25, 0.3) is 0 Å². The van der Waals surface area contributed by atoms with Gasteiger partial charge in [0.2, 0.25) is 0 Å². The Hall–Kier alpha value is -1.16. The van der Waals surface area contributed by atoms with Gasteiger partial charge >= 0.3 is 0 Å². The van der Waals surface area contributed by atoms with Gasteiger partial charge in [-0.25, -0.2) is 9.97 Å². The molecule has 0 aromatic carbocycles. The van der Waals surface area contributed by atoms with Crippen molar-refractivity contribution in [2.24, 2.45) is 0 Å². The van der Waals surface area contributed by atoms with E-state index in [1.165, 1.54) is 0 Å². The molecule has 17 heavy (non-hydrogen) atoms. The van der Waals surface area contributed by atoms with Crippen molar-refractivity contribution in [1.82, 2.24) is 9.97 Å². The first-order valence-electron chi connectivity index (χ1n) is 6.12. The molecule has 0 aliphatic rings. The van der Waals surface area contributed by atoms with Crippen LogP contribution in [0.4, 0.5) is 5.82 Å². The minimum absolute atomic E-state index is 0.376. The molecule has 0 aliphatic carbocycles. The van der Waals surface area contributed by atoms with Crippen LogP contribution < -0.4 is 5.32 Å². The van der Waals surface area contributed by atoms with E-state index < -0.39 is 5.60 Å². The van der Waals surface area contributed by atoms with Gasteiger partial charge in [-0.05, 0) is 26.7 Å². The van der Waals surface area contributed by atoms with Gasteiger partial charge in [0.1, 0.15) is 11.4 Å². The van der Waals surface area contributed by atoms with Crippen LogP contribution in [-0.2, 0) is 10.3 Å². The highest BCUT2D eigenvalue weighted by molar-refractivity contribution is 5.36. The minimum Gasteiger partial charge on any atom is -0.373 e. The maximum atomic E-state index is 5.70. The summed E-state index contributed by atoms with van der Waals surface area (Å²) in [6, 6.07) is 1.98. The van der Waals surface area contributed by atoms with Crippen LogP contribution >= 0.6 is 0 Å². The number of nitrogens with one attached hydrogen (secondary N) is 1. The smallest absolute Gasteiger partial charge is 0.162 e. The topological polar surface area (TPSA) is 47.0 Å². The third kappa shape index (κ3) is 3.40. The summed E-state index contributed by atoms with van der Waals surface area (Å²) in [6.45, 7) is 10.9. The van der Waals surface area contributed by atoms with E-state index in [1.807, 2.05) is 33.9 Å². The first-order valence-corrected chi connectivity index (χ1v) is 6.12. The molecule has 4 nitrogen and oxygen atoms in total. The normalized spacial score (nSPS) is 11.9. The van der Waals surface area contributed by atoms with Gasteiger partial charge in [-0.15, -0.1) is 0 Å². The highest BCUT2D eigenvalue weighted by Gasteiger charge is 2.25. The average Bonchev–Trinajstić information content (AvgIpc) is 2.28. The first-order chi connectivity index (χ1) is 7.90. The molecule has 0 amide bonds. The Balaban J connectivity index is 3.19. The molecular formula is C13H23N3O. The maximum absolute atomic E-state index is 5.70. The van der Waals surface area contributed by atoms with Gasteiger partial charge in [0.15, 0.2) is 5.82 Å². The molecule has 1 rings (SSSR count). The number of nitrogens with zero attached hydrogens (tertiary/aromatic N) is 2. The molecule has 1 heterocycles. The second-order valence-electron chi connectivity index (χ2n) is 4.85. The van der Waals surface area contributed by atoms with Gasteiger partial charge in [-0.3, -0.25) is 0 Å². The second kappa shape index (κ2) is 5.45. The molecule has 0 fully saturated rings. The fourth-order valence-corrected chi connectivity index (χ4v) is 1.58. The van der Waals surface area contributed by atoms with E-state index in [0.717, 1.165) is 17.3 Å². The zero-order valence-electron chi connectivity index (χ0n) is 11.7. The van der Waals surface area contributed by atoms with Crippen LogP contribution in [0.25, 0.3) is 0 Å². The lowest BCUT2D eigenvalue weighted by molar-refractivity contribution is -0.0208. The van der Waals surface area contributed by atoms with E-state index in [4.69, 9.17) is 4.74 Å². The lowest BCUT2D eigenvalue weighted by atomic mass is 10.1. The Morgan fingerprint density at radius 3 is 2.47 bits per heavy atom. The average molecular weight is 237 g/mol. The van der Waals surface area contributed by atoms with E-state index in [1.54, 1.807) is 0 Å². The number of anilines is 1. The van der Waals surface area contributed by atoms with Gasteiger partial charge < -0.3 is 10.1 Å². The number of rotatable bonds is 5. The third-order valence-corrected chi connectivity index (χ3v) is 2.64. The molecule has 1 aromatic rings. The molecule has 0 spiro atoms. The molecule has 1 aromatic heterocycles. The van der Waals surface area contributed by atoms with E-state index in [2.05, 4.69) is 29.1 Å². The fourth-order valence-electron chi connectivity index (χ4n) is 1.58. The van der Waals surface area contributed by atoms with Crippen LogP contribution in [0, 0.1) is 0 Å². The summed E-state index contributed by atoms with van der Waals surface area (Å²) in [7, 11) is 1.86. The van der Waals surface area contributed by atoms with Crippen molar-refractivity contribution in [3.8, 4) is 0 Å². The monoisotopic (exact) mass is 237 g/mol. The summed E-state index contributed by atoms with van der Waals surface area (Å²) < 4.78 is 5.70. The van der Waals surface area contributed by atoms with Crippen LogP contribution in [-0.4, -0.2) is 23.6 Å². The maximum Gasteiger partial charge on any atom is 0.162 e. The van der Waals surface area contributed by atoms with Gasteiger partial charge in [-0.2, -0.15) is 0 Å².